The maximum Gasteiger partial charge on any atom is 0.166 e. The number of aromatic amines is 1. The van der Waals surface area contributed by atoms with Crippen molar-refractivity contribution in [1.82, 2.24) is 9.97 Å². The molecule has 0 bridgehead atoms. The zero-order chi connectivity index (χ0) is 13.1. The number of para-hydroxylation sites is 2. The maximum absolute atomic E-state index is 5.95. The zero-order valence-corrected chi connectivity index (χ0v) is 12.0. The number of imidazole rings is 1. The Balaban J connectivity index is 1.78. The molecule has 0 spiro atoms. The molecule has 1 aliphatic carbocycles. The van der Waals surface area contributed by atoms with Gasteiger partial charge in [0.15, 0.2) is 5.16 Å². The smallest absolute Gasteiger partial charge is 0.166 e. The first kappa shape index (κ1) is 13.0. The van der Waals surface area contributed by atoms with Gasteiger partial charge in [-0.3, -0.25) is 0 Å². The molecule has 2 atom stereocenters. The van der Waals surface area contributed by atoms with Gasteiger partial charge in [0.25, 0.3) is 0 Å². The maximum atomic E-state index is 5.95. The Kier molecular flexibility index (Phi) is 4.09. The molecule has 0 radical (unpaired) electrons. The molecule has 1 fully saturated rings. The van der Waals surface area contributed by atoms with Crippen molar-refractivity contribution in [2.75, 3.05) is 6.54 Å². The van der Waals surface area contributed by atoms with E-state index in [2.05, 4.69) is 22.1 Å². The average molecular weight is 275 g/mol. The lowest BCUT2D eigenvalue weighted by molar-refractivity contribution is 0.483. The summed E-state index contributed by atoms with van der Waals surface area (Å²) >= 11 is 1.89. The van der Waals surface area contributed by atoms with Gasteiger partial charge in [-0.2, -0.15) is 0 Å². The number of aromatic nitrogens is 2. The van der Waals surface area contributed by atoms with E-state index >= 15 is 0 Å². The van der Waals surface area contributed by atoms with Gasteiger partial charge < -0.3 is 10.7 Å². The van der Waals surface area contributed by atoms with Crippen molar-refractivity contribution in [2.24, 2.45) is 11.7 Å². The number of thioether (sulfide) groups is 1. The molecule has 2 aromatic rings. The summed E-state index contributed by atoms with van der Waals surface area (Å²) in [6.07, 6.45) is 6.55. The van der Waals surface area contributed by atoms with E-state index in [4.69, 9.17) is 5.73 Å². The molecule has 1 aromatic carbocycles. The van der Waals surface area contributed by atoms with Gasteiger partial charge >= 0.3 is 0 Å². The highest BCUT2D eigenvalue weighted by Gasteiger charge is 2.24. The molecule has 3 rings (SSSR count). The van der Waals surface area contributed by atoms with E-state index in [1.54, 1.807) is 0 Å². The predicted octanol–water partition coefficient (Wildman–Crippen LogP) is 3.56. The second kappa shape index (κ2) is 5.97. The molecular formula is C15H21N3S. The molecule has 4 heteroatoms. The van der Waals surface area contributed by atoms with Gasteiger partial charge in [-0.05, 0) is 37.4 Å². The second-order valence-electron chi connectivity index (χ2n) is 5.35. The Labute approximate surface area is 118 Å². The van der Waals surface area contributed by atoms with Crippen molar-refractivity contribution < 1.29 is 0 Å². The van der Waals surface area contributed by atoms with Crippen LogP contribution in [0.25, 0.3) is 11.0 Å². The van der Waals surface area contributed by atoms with Crippen LogP contribution in [0.3, 0.4) is 0 Å². The van der Waals surface area contributed by atoms with Crippen molar-refractivity contribution in [3.05, 3.63) is 24.3 Å². The van der Waals surface area contributed by atoms with Gasteiger partial charge in [-0.15, -0.1) is 0 Å². The Morgan fingerprint density at radius 3 is 2.89 bits per heavy atom. The summed E-state index contributed by atoms with van der Waals surface area (Å²) < 4.78 is 0. The van der Waals surface area contributed by atoms with Crippen LogP contribution in [0.4, 0.5) is 0 Å². The largest absolute Gasteiger partial charge is 0.333 e. The van der Waals surface area contributed by atoms with Crippen LogP contribution in [0.15, 0.2) is 29.4 Å². The Morgan fingerprint density at radius 2 is 2.05 bits per heavy atom. The lowest BCUT2D eigenvalue weighted by Gasteiger charge is -2.21. The minimum Gasteiger partial charge on any atom is -0.333 e. The predicted molar refractivity (Wildman–Crippen MR) is 81.4 cm³/mol. The first-order chi connectivity index (χ1) is 9.36. The van der Waals surface area contributed by atoms with Crippen molar-refractivity contribution in [3.8, 4) is 0 Å². The fourth-order valence-electron chi connectivity index (χ4n) is 2.90. The Bertz CT molecular complexity index is 504. The number of hydrogen-bond acceptors (Lipinski definition) is 3. The highest BCUT2D eigenvalue weighted by molar-refractivity contribution is 7.99. The first-order valence-corrected chi connectivity index (χ1v) is 8.06. The Hall–Kier alpha value is -1.00. The molecule has 102 valence electrons. The van der Waals surface area contributed by atoms with Crippen LogP contribution in [0, 0.1) is 5.92 Å². The van der Waals surface area contributed by atoms with E-state index in [1.165, 1.54) is 32.1 Å². The minimum atomic E-state index is 0.619. The SMILES string of the molecule is NCC1CCCCCC1Sc1nc2ccccc2[nH]1. The molecule has 0 amide bonds. The van der Waals surface area contributed by atoms with Gasteiger partial charge in [0.1, 0.15) is 0 Å². The summed E-state index contributed by atoms with van der Waals surface area (Å²) in [5, 5.41) is 1.67. The number of nitrogens with two attached hydrogens (primary N) is 1. The van der Waals surface area contributed by atoms with Gasteiger partial charge in [0.05, 0.1) is 11.0 Å². The van der Waals surface area contributed by atoms with E-state index in [1.807, 2.05) is 23.9 Å². The number of fused-ring (bicyclic) bond motifs is 1. The van der Waals surface area contributed by atoms with E-state index in [0.29, 0.717) is 11.2 Å². The molecule has 3 N–H and O–H groups in total. The third-order valence-electron chi connectivity index (χ3n) is 4.02. The van der Waals surface area contributed by atoms with Crippen LogP contribution in [-0.4, -0.2) is 21.8 Å². The first-order valence-electron chi connectivity index (χ1n) is 7.18. The number of benzene rings is 1. The fraction of sp³-hybridized carbons (Fsp3) is 0.533. The summed E-state index contributed by atoms with van der Waals surface area (Å²) in [6.45, 7) is 0.803. The molecule has 1 aliphatic rings. The van der Waals surface area contributed by atoms with Crippen LogP contribution in [0.1, 0.15) is 32.1 Å². The van der Waals surface area contributed by atoms with Crippen molar-refractivity contribution in [1.29, 1.82) is 0 Å². The molecule has 1 aromatic heterocycles. The molecule has 1 saturated carbocycles. The summed E-state index contributed by atoms with van der Waals surface area (Å²) in [5.41, 5.74) is 8.13. The molecule has 1 heterocycles. The number of nitrogens with zero attached hydrogens (tertiary/aromatic N) is 1. The van der Waals surface area contributed by atoms with Crippen molar-refractivity contribution in [3.63, 3.8) is 0 Å². The number of H-pyrrole nitrogens is 1. The van der Waals surface area contributed by atoms with E-state index in [0.717, 1.165) is 22.7 Å². The number of nitrogens with one attached hydrogen (secondary N) is 1. The third kappa shape index (κ3) is 2.95. The summed E-state index contributed by atoms with van der Waals surface area (Å²) in [7, 11) is 0. The highest BCUT2D eigenvalue weighted by Crippen LogP contribution is 2.35. The van der Waals surface area contributed by atoms with E-state index in [9.17, 15) is 0 Å². The number of hydrogen-bond donors (Lipinski definition) is 2. The molecule has 0 saturated heterocycles. The van der Waals surface area contributed by atoms with Crippen LogP contribution in [0.2, 0.25) is 0 Å². The molecule has 3 nitrogen and oxygen atoms in total. The second-order valence-corrected chi connectivity index (χ2v) is 6.58. The minimum absolute atomic E-state index is 0.619. The van der Waals surface area contributed by atoms with Crippen molar-refractivity contribution in [2.45, 2.75) is 42.5 Å². The molecule has 0 aliphatic heterocycles. The van der Waals surface area contributed by atoms with Gasteiger partial charge in [0.2, 0.25) is 0 Å². The number of rotatable bonds is 3. The average Bonchev–Trinajstić information content (AvgIpc) is 2.70. The van der Waals surface area contributed by atoms with Crippen LogP contribution >= 0.6 is 11.8 Å². The van der Waals surface area contributed by atoms with Crippen LogP contribution in [-0.2, 0) is 0 Å². The third-order valence-corrected chi connectivity index (χ3v) is 5.36. The lowest BCUT2D eigenvalue weighted by Crippen LogP contribution is -2.24. The summed E-state index contributed by atoms with van der Waals surface area (Å²) in [5.74, 6) is 0.640. The zero-order valence-electron chi connectivity index (χ0n) is 11.1. The topological polar surface area (TPSA) is 54.7 Å². The van der Waals surface area contributed by atoms with Crippen molar-refractivity contribution >= 4 is 22.8 Å². The summed E-state index contributed by atoms with van der Waals surface area (Å²) in [6, 6.07) is 8.22. The van der Waals surface area contributed by atoms with E-state index in [-0.39, 0.29) is 0 Å². The van der Waals surface area contributed by atoms with Crippen LogP contribution in [0.5, 0.6) is 0 Å². The fourth-order valence-corrected chi connectivity index (χ4v) is 4.23. The highest BCUT2D eigenvalue weighted by atomic mass is 32.2. The monoisotopic (exact) mass is 275 g/mol. The van der Waals surface area contributed by atoms with Gasteiger partial charge in [0, 0.05) is 5.25 Å². The van der Waals surface area contributed by atoms with E-state index < -0.39 is 0 Å². The standard InChI is InChI=1S/C15H21N3S/c16-10-11-6-2-1-3-9-14(11)19-15-17-12-7-4-5-8-13(12)18-15/h4-5,7-8,11,14H,1-3,6,9-10,16H2,(H,17,18). The lowest BCUT2D eigenvalue weighted by atomic mass is 10.0. The normalized spacial score (nSPS) is 24.5. The molecular weight excluding hydrogens is 254 g/mol. The van der Waals surface area contributed by atoms with Gasteiger partial charge in [-0.1, -0.05) is 43.2 Å². The molecule has 19 heavy (non-hydrogen) atoms. The quantitative estimate of drug-likeness (QED) is 0.842. The van der Waals surface area contributed by atoms with Gasteiger partial charge in [-0.25, -0.2) is 4.98 Å². The molecule has 2 unspecified atom stereocenters. The van der Waals surface area contributed by atoms with Crippen LogP contribution < -0.4 is 5.73 Å². The summed E-state index contributed by atoms with van der Waals surface area (Å²) in [4.78, 5) is 8.09. The Morgan fingerprint density at radius 1 is 1.21 bits per heavy atom.